The van der Waals surface area contributed by atoms with Crippen molar-refractivity contribution >= 4 is 11.9 Å². The Bertz CT molecular complexity index is 1070. The van der Waals surface area contributed by atoms with Crippen LogP contribution in [0.4, 0.5) is 17.6 Å². The van der Waals surface area contributed by atoms with Crippen LogP contribution in [0, 0.1) is 5.82 Å². The fraction of sp³-hybridized carbons (Fsp3) is 0.100. The highest BCUT2D eigenvalue weighted by atomic mass is 19.4. The van der Waals surface area contributed by atoms with Crippen molar-refractivity contribution in [1.82, 2.24) is 5.32 Å². The van der Waals surface area contributed by atoms with Crippen LogP contribution < -0.4 is 5.32 Å². The monoisotopic (exact) mass is 407 g/mol. The van der Waals surface area contributed by atoms with E-state index in [-0.39, 0.29) is 17.9 Å². The summed E-state index contributed by atoms with van der Waals surface area (Å²) in [7, 11) is 0. The number of carboxylic acids is 1. The average Bonchev–Trinajstić information content (AvgIpc) is 3.16. The van der Waals surface area contributed by atoms with Crippen LogP contribution in [0.25, 0.3) is 11.3 Å². The molecule has 29 heavy (non-hydrogen) atoms. The molecule has 0 radical (unpaired) electrons. The third kappa shape index (κ3) is 4.63. The van der Waals surface area contributed by atoms with Gasteiger partial charge >= 0.3 is 12.1 Å². The molecular formula is C20H13F4NO4. The van der Waals surface area contributed by atoms with Gasteiger partial charge < -0.3 is 14.8 Å². The van der Waals surface area contributed by atoms with Crippen LogP contribution in [0.3, 0.4) is 0 Å². The standard InChI is InChI=1S/C20H13F4NO4/c21-15-5-4-13(9-14(15)20(22,23)24)18(26)25-10-11-2-1-3-12(8-11)16-6-7-17(29-16)19(27)28/h1-9H,10H2,(H,25,26)(H,27,28). The first kappa shape index (κ1) is 20.1. The highest BCUT2D eigenvalue weighted by molar-refractivity contribution is 5.94. The maximum atomic E-state index is 13.3. The Hall–Kier alpha value is -3.62. The minimum Gasteiger partial charge on any atom is -0.475 e. The SMILES string of the molecule is O=C(NCc1cccc(-c2ccc(C(=O)O)o2)c1)c1ccc(F)c(C(F)(F)F)c1. The number of hydrogen-bond acceptors (Lipinski definition) is 3. The largest absolute Gasteiger partial charge is 0.475 e. The molecule has 3 rings (SSSR count). The van der Waals surface area contributed by atoms with Crippen molar-refractivity contribution < 1.29 is 36.7 Å². The van der Waals surface area contributed by atoms with Crippen molar-refractivity contribution in [3.63, 3.8) is 0 Å². The number of alkyl halides is 3. The number of furan rings is 1. The van der Waals surface area contributed by atoms with Gasteiger partial charge in [-0.3, -0.25) is 4.79 Å². The van der Waals surface area contributed by atoms with Gasteiger partial charge in [0.15, 0.2) is 0 Å². The molecular weight excluding hydrogens is 394 g/mol. The van der Waals surface area contributed by atoms with Crippen LogP contribution in [-0.4, -0.2) is 17.0 Å². The first-order valence-corrected chi connectivity index (χ1v) is 8.22. The lowest BCUT2D eigenvalue weighted by Crippen LogP contribution is -2.23. The molecule has 1 aromatic heterocycles. The van der Waals surface area contributed by atoms with E-state index < -0.39 is 29.4 Å². The summed E-state index contributed by atoms with van der Waals surface area (Å²) in [6, 6.07) is 11.4. The van der Waals surface area contributed by atoms with Crippen LogP contribution in [0.1, 0.15) is 32.0 Å². The van der Waals surface area contributed by atoms with Crippen molar-refractivity contribution in [3.8, 4) is 11.3 Å². The highest BCUT2D eigenvalue weighted by Crippen LogP contribution is 2.32. The number of carbonyl (C=O) groups excluding carboxylic acids is 1. The second-order valence-corrected chi connectivity index (χ2v) is 6.04. The van der Waals surface area contributed by atoms with Crippen LogP contribution >= 0.6 is 0 Å². The topological polar surface area (TPSA) is 79.5 Å². The molecule has 0 unspecified atom stereocenters. The van der Waals surface area contributed by atoms with Gasteiger partial charge in [-0.2, -0.15) is 13.2 Å². The molecule has 0 fully saturated rings. The van der Waals surface area contributed by atoms with Crippen LogP contribution in [0.5, 0.6) is 0 Å². The molecule has 2 aromatic carbocycles. The number of nitrogens with one attached hydrogen (secondary N) is 1. The Balaban J connectivity index is 1.73. The smallest absolute Gasteiger partial charge is 0.419 e. The molecule has 0 spiro atoms. The molecule has 0 aliphatic carbocycles. The zero-order valence-electron chi connectivity index (χ0n) is 14.6. The Labute approximate surface area is 161 Å². The number of aromatic carboxylic acids is 1. The molecule has 0 aliphatic heterocycles. The number of rotatable bonds is 5. The van der Waals surface area contributed by atoms with Gasteiger partial charge in [-0.25, -0.2) is 9.18 Å². The van der Waals surface area contributed by atoms with Gasteiger partial charge in [0.05, 0.1) is 5.56 Å². The van der Waals surface area contributed by atoms with Gasteiger partial charge in [0.2, 0.25) is 5.76 Å². The maximum absolute atomic E-state index is 13.3. The Morgan fingerprint density at radius 3 is 2.45 bits per heavy atom. The van der Waals surface area contributed by atoms with E-state index in [9.17, 15) is 27.2 Å². The summed E-state index contributed by atoms with van der Waals surface area (Å²) in [4.78, 5) is 23.1. The molecule has 2 N–H and O–H groups in total. The maximum Gasteiger partial charge on any atom is 0.419 e. The minimum absolute atomic E-state index is 0.0160. The molecule has 1 heterocycles. The molecule has 0 aliphatic rings. The minimum atomic E-state index is -4.91. The van der Waals surface area contributed by atoms with Gasteiger partial charge in [0.25, 0.3) is 5.91 Å². The zero-order chi connectivity index (χ0) is 21.2. The van der Waals surface area contributed by atoms with Crippen LogP contribution in [0.15, 0.2) is 59.0 Å². The predicted molar refractivity (Wildman–Crippen MR) is 93.7 cm³/mol. The number of carboxylic acid groups (broad SMARTS) is 1. The van der Waals surface area contributed by atoms with Crippen molar-refractivity contribution in [2.24, 2.45) is 0 Å². The van der Waals surface area contributed by atoms with E-state index in [0.717, 1.165) is 6.07 Å². The number of halogens is 4. The van der Waals surface area contributed by atoms with E-state index in [1.807, 2.05) is 0 Å². The Morgan fingerprint density at radius 1 is 1.03 bits per heavy atom. The van der Waals surface area contributed by atoms with E-state index in [2.05, 4.69) is 5.32 Å². The summed E-state index contributed by atoms with van der Waals surface area (Å²) >= 11 is 0. The van der Waals surface area contributed by atoms with E-state index in [4.69, 9.17) is 9.52 Å². The Morgan fingerprint density at radius 2 is 1.79 bits per heavy atom. The third-order valence-corrected chi connectivity index (χ3v) is 4.02. The highest BCUT2D eigenvalue weighted by Gasteiger charge is 2.34. The van der Waals surface area contributed by atoms with E-state index in [1.165, 1.54) is 12.1 Å². The number of hydrogen-bond donors (Lipinski definition) is 2. The van der Waals surface area contributed by atoms with Crippen molar-refractivity contribution in [3.05, 3.63) is 82.9 Å². The molecule has 1 amide bonds. The molecule has 0 atom stereocenters. The zero-order valence-corrected chi connectivity index (χ0v) is 14.6. The Kier molecular flexibility index (Phi) is 5.40. The second kappa shape index (κ2) is 7.78. The second-order valence-electron chi connectivity index (χ2n) is 6.04. The molecule has 5 nitrogen and oxygen atoms in total. The van der Waals surface area contributed by atoms with Gasteiger partial charge in [0.1, 0.15) is 11.6 Å². The van der Waals surface area contributed by atoms with Gasteiger partial charge in [-0.05, 0) is 42.0 Å². The van der Waals surface area contributed by atoms with Gasteiger partial charge in [0, 0.05) is 17.7 Å². The molecule has 3 aromatic rings. The number of amides is 1. The third-order valence-electron chi connectivity index (χ3n) is 4.02. The summed E-state index contributed by atoms with van der Waals surface area (Å²) in [6.45, 7) is -0.0160. The predicted octanol–water partition coefficient (Wildman–Crippen LogP) is 4.73. The lowest BCUT2D eigenvalue weighted by atomic mass is 10.1. The fourth-order valence-corrected chi connectivity index (χ4v) is 2.61. The van der Waals surface area contributed by atoms with Crippen molar-refractivity contribution in [1.29, 1.82) is 0 Å². The summed E-state index contributed by atoms with van der Waals surface area (Å²) in [6.07, 6.45) is -4.91. The summed E-state index contributed by atoms with van der Waals surface area (Å²) in [5, 5.41) is 11.4. The van der Waals surface area contributed by atoms with Gasteiger partial charge in [-0.15, -0.1) is 0 Å². The summed E-state index contributed by atoms with van der Waals surface area (Å²) in [5.74, 6) is -3.38. The molecule has 0 saturated carbocycles. The fourth-order valence-electron chi connectivity index (χ4n) is 2.61. The lowest BCUT2D eigenvalue weighted by molar-refractivity contribution is -0.140. The molecule has 0 saturated heterocycles. The quantitative estimate of drug-likeness (QED) is 0.599. The van der Waals surface area contributed by atoms with Crippen molar-refractivity contribution in [2.75, 3.05) is 0 Å². The van der Waals surface area contributed by atoms with E-state index in [1.54, 1.807) is 24.3 Å². The normalized spacial score (nSPS) is 11.3. The number of carbonyl (C=O) groups is 2. The van der Waals surface area contributed by atoms with Crippen molar-refractivity contribution in [2.45, 2.75) is 12.7 Å². The molecule has 0 bridgehead atoms. The summed E-state index contributed by atoms with van der Waals surface area (Å²) in [5.41, 5.74) is -0.682. The molecule has 150 valence electrons. The van der Waals surface area contributed by atoms with E-state index in [0.29, 0.717) is 29.0 Å². The van der Waals surface area contributed by atoms with Crippen LogP contribution in [0.2, 0.25) is 0 Å². The lowest BCUT2D eigenvalue weighted by Gasteiger charge is -2.11. The number of benzene rings is 2. The first-order chi connectivity index (χ1) is 13.6. The first-order valence-electron chi connectivity index (χ1n) is 8.22. The van der Waals surface area contributed by atoms with Gasteiger partial charge in [-0.1, -0.05) is 18.2 Å². The molecule has 9 heteroatoms. The van der Waals surface area contributed by atoms with E-state index >= 15 is 0 Å². The van der Waals surface area contributed by atoms with Crippen LogP contribution in [-0.2, 0) is 12.7 Å². The average molecular weight is 407 g/mol. The summed E-state index contributed by atoms with van der Waals surface area (Å²) < 4.78 is 56.9.